The van der Waals surface area contributed by atoms with E-state index in [1.165, 1.54) is 0 Å². The molecule has 6 nitrogen and oxygen atoms in total. The van der Waals surface area contributed by atoms with Gasteiger partial charge in [-0.05, 0) is 11.6 Å². The fourth-order valence-corrected chi connectivity index (χ4v) is 3.18. The largest absolute Gasteiger partial charge is 0.508 e. The molecule has 0 saturated heterocycles. The summed E-state index contributed by atoms with van der Waals surface area (Å²) in [4.78, 5) is 4.42. The molecule has 3 N–H and O–H groups in total. The molecule has 0 spiro atoms. The maximum atomic E-state index is 10.1. The van der Waals surface area contributed by atoms with Crippen molar-refractivity contribution < 1.29 is 5.11 Å². The highest BCUT2D eigenvalue weighted by molar-refractivity contribution is 5.88. The van der Waals surface area contributed by atoms with E-state index in [0.29, 0.717) is 12.0 Å². The number of aromatic nitrogens is 3. The molecular weight excluding hydrogens is 290 g/mol. The first-order valence-corrected chi connectivity index (χ1v) is 7.13. The molecule has 0 bridgehead atoms. The van der Waals surface area contributed by atoms with Crippen LogP contribution in [0.5, 0.6) is 5.75 Å². The second-order valence-corrected chi connectivity index (χ2v) is 5.57. The van der Waals surface area contributed by atoms with Crippen LogP contribution in [0.2, 0.25) is 0 Å². The number of fused-ring (bicyclic) bond motifs is 3. The maximum absolute atomic E-state index is 10.1. The van der Waals surface area contributed by atoms with Gasteiger partial charge < -0.3 is 10.8 Å². The minimum absolute atomic E-state index is 0.196. The molecule has 0 fully saturated rings. The molecule has 1 aliphatic carbocycles. The van der Waals surface area contributed by atoms with Gasteiger partial charge in [0.1, 0.15) is 23.2 Å². The first kappa shape index (κ1) is 13.3. The number of nitrogens with zero attached hydrogens (tertiary/aromatic N) is 4. The molecule has 112 valence electrons. The lowest BCUT2D eigenvalue weighted by atomic mass is 9.96. The number of anilines is 1. The van der Waals surface area contributed by atoms with Crippen LogP contribution in [0.3, 0.4) is 0 Å². The van der Waals surface area contributed by atoms with Gasteiger partial charge in [-0.15, -0.1) is 0 Å². The van der Waals surface area contributed by atoms with Crippen molar-refractivity contribution in [2.75, 3.05) is 5.73 Å². The Morgan fingerprint density at radius 3 is 2.87 bits per heavy atom. The summed E-state index contributed by atoms with van der Waals surface area (Å²) in [5, 5.41) is 23.8. The van der Waals surface area contributed by atoms with Crippen LogP contribution in [0, 0.1) is 11.3 Å². The third-order valence-electron chi connectivity index (χ3n) is 4.19. The van der Waals surface area contributed by atoms with E-state index in [-0.39, 0.29) is 11.6 Å². The molecular formula is C17H13N5O. The number of phenolic OH excluding ortho intramolecular Hbond substituents is 1. The van der Waals surface area contributed by atoms with Gasteiger partial charge in [0, 0.05) is 41.9 Å². The van der Waals surface area contributed by atoms with Gasteiger partial charge in [0.05, 0.1) is 11.9 Å². The normalized spacial score (nSPS) is 11.8. The van der Waals surface area contributed by atoms with Crippen LogP contribution in [0.25, 0.3) is 22.4 Å². The van der Waals surface area contributed by atoms with Gasteiger partial charge in [0.15, 0.2) is 0 Å². The van der Waals surface area contributed by atoms with Gasteiger partial charge in [-0.1, -0.05) is 12.1 Å². The molecule has 0 amide bonds. The standard InChI is InChI=1S/C17H13N5O/c1-22-8-9(7-20-22)15-12-5-11-10(3-2-4-14(11)23)16(12)21-17(19)13(15)6-18/h2-4,7-8,23H,5H2,1H3,(H2,19,21). The number of benzene rings is 1. The van der Waals surface area contributed by atoms with Crippen LogP contribution in [-0.2, 0) is 13.5 Å². The minimum atomic E-state index is 0.196. The predicted molar refractivity (Wildman–Crippen MR) is 85.5 cm³/mol. The van der Waals surface area contributed by atoms with Crippen molar-refractivity contribution >= 4 is 5.82 Å². The lowest BCUT2D eigenvalue weighted by Gasteiger charge is -2.11. The fraction of sp³-hybridized carbons (Fsp3) is 0.118. The van der Waals surface area contributed by atoms with Gasteiger partial charge in [0.2, 0.25) is 0 Å². The van der Waals surface area contributed by atoms with Crippen molar-refractivity contribution in [3.05, 3.63) is 47.3 Å². The highest BCUT2D eigenvalue weighted by atomic mass is 16.3. The number of phenols is 1. The van der Waals surface area contributed by atoms with Gasteiger partial charge in [-0.25, -0.2) is 4.98 Å². The smallest absolute Gasteiger partial charge is 0.142 e. The zero-order valence-corrected chi connectivity index (χ0v) is 12.4. The second-order valence-electron chi connectivity index (χ2n) is 5.57. The molecule has 3 aromatic rings. The molecule has 0 radical (unpaired) electrons. The number of rotatable bonds is 1. The quantitative estimate of drug-likeness (QED) is 0.561. The second kappa shape index (κ2) is 4.58. The lowest BCUT2D eigenvalue weighted by Crippen LogP contribution is -2.02. The fourth-order valence-electron chi connectivity index (χ4n) is 3.18. The van der Waals surface area contributed by atoms with E-state index in [2.05, 4.69) is 16.2 Å². The zero-order valence-electron chi connectivity index (χ0n) is 12.4. The van der Waals surface area contributed by atoms with Gasteiger partial charge in [-0.3, -0.25) is 4.68 Å². The number of nitrogen functional groups attached to an aromatic ring is 1. The monoisotopic (exact) mass is 303 g/mol. The highest BCUT2D eigenvalue weighted by Crippen LogP contribution is 2.45. The molecule has 2 heterocycles. The van der Waals surface area contributed by atoms with Crippen LogP contribution >= 0.6 is 0 Å². The topological polar surface area (TPSA) is 101 Å². The van der Waals surface area contributed by atoms with Gasteiger partial charge in [-0.2, -0.15) is 10.4 Å². The van der Waals surface area contributed by atoms with Gasteiger partial charge >= 0.3 is 0 Å². The molecule has 1 aliphatic rings. The van der Waals surface area contributed by atoms with Crippen molar-refractivity contribution in [1.29, 1.82) is 5.26 Å². The summed E-state index contributed by atoms with van der Waals surface area (Å²) in [6.07, 6.45) is 4.07. The van der Waals surface area contributed by atoms with E-state index in [0.717, 1.165) is 33.5 Å². The molecule has 2 aromatic heterocycles. The minimum Gasteiger partial charge on any atom is -0.508 e. The number of aryl methyl sites for hydroxylation is 1. The number of nitriles is 1. The van der Waals surface area contributed by atoms with Crippen LogP contribution < -0.4 is 5.73 Å². The van der Waals surface area contributed by atoms with Crippen LogP contribution in [0.4, 0.5) is 5.82 Å². The number of aromatic hydroxyl groups is 1. The van der Waals surface area contributed by atoms with Crippen molar-refractivity contribution in [3.8, 4) is 34.2 Å². The Morgan fingerprint density at radius 1 is 1.35 bits per heavy atom. The average molecular weight is 303 g/mol. The highest BCUT2D eigenvalue weighted by Gasteiger charge is 2.29. The Kier molecular flexibility index (Phi) is 2.66. The Hall–Kier alpha value is -3.33. The van der Waals surface area contributed by atoms with E-state index < -0.39 is 0 Å². The SMILES string of the molecule is Cn1cc(-c2c(C#N)c(N)nc3c2Cc2c(O)cccc2-3)cn1. The van der Waals surface area contributed by atoms with E-state index in [4.69, 9.17) is 5.73 Å². The van der Waals surface area contributed by atoms with Crippen LogP contribution in [0.15, 0.2) is 30.6 Å². The molecule has 0 atom stereocenters. The Balaban J connectivity index is 2.07. The first-order valence-electron chi connectivity index (χ1n) is 7.13. The molecule has 0 saturated carbocycles. The zero-order chi connectivity index (χ0) is 16.1. The van der Waals surface area contributed by atoms with Crippen molar-refractivity contribution in [3.63, 3.8) is 0 Å². The predicted octanol–water partition coefficient (Wildman–Crippen LogP) is 2.21. The Labute approximate surface area is 132 Å². The third kappa shape index (κ3) is 1.80. The number of hydrogen-bond acceptors (Lipinski definition) is 5. The van der Waals surface area contributed by atoms with Crippen molar-refractivity contribution in [2.45, 2.75) is 6.42 Å². The van der Waals surface area contributed by atoms with E-state index in [9.17, 15) is 10.4 Å². The molecule has 6 heteroatoms. The molecule has 0 unspecified atom stereocenters. The molecule has 1 aromatic carbocycles. The van der Waals surface area contributed by atoms with Crippen molar-refractivity contribution in [2.24, 2.45) is 7.05 Å². The van der Waals surface area contributed by atoms with Crippen LogP contribution in [0.1, 0.15) is 16.7 Å². The molecule has 0 aliphatic heterocycles. The summed E-state index contributed by atoms with van der Waals surface area (Å²) in [6, 6.07) is 7.50. The summed E-state index contributed by atoms with van der Waals surface area (Å²) in [5.41, 5.74) is 11.2. The summed E-state index contributed by atoms with van der Waals surface area (Å²) in [7, 11) is 1.82. The summed E-state index contributed by atoms with van der Waals surface area (Å²) in [5.74, 6) is 0.427. The maximum Gasteiger partial charge on any atom is 0.142 e. The van der Waals surface area contributed by atoms with Crippen molar-refractivity contribution in [1.82, 2.24) is 14.8 Å². The van der Waals surface area contributed by atoms with Crippen LogP contribution in [-0.4, -0.2) is 19.9 Å². The molecule has 4 rings (SSSR count). The van der Waals surface area contributed by atoms with Gasteiger partial charge in [0.25, 0.3) is 0 Å². The summed E-state index contributed by atoms with van der Waals surface area (Å²) < 4.78 is 1.68. The van der Waals surface area contributed by atoms with E-state index >= 15 is 0 Å². The number of nitrogens with two attached hydrogens (primary N) is 1. The lowest BCUT2D eigenvalue weighted by molar-refractivity contribution is 0.470. The molecule has 23 heavy (non-hydrogen) atoms. The van der Waals surface area contributed by atoms with E-state index in [1.807, 2.05) is 19.3 Å². The van der Waals surface area contributed by atoms with E-state index in [1.54, 1.807) is 23.0 Å². The Bertz CT molecular complexity index is 997. The summed E-state index contributed by atoms with van der Waals surface area (Å²) in [6.45, 7) is 0. The number of pyridine rings is 1. The average Bonchev–Trinajstić information content (AvgIpc) is 3.11. The number of hydrogen-bond donors (Lipinski definition) is 2. The Morgan fingerprint density at radius 2 is 2.17 bits per heavy atom. The first-order chi connectivity index (χ1) is 11.1. The summed E-state index contributed by atoms with van der Waals surface area (Å²) >= 11 is 0. The third-order valence-corrected chi connectivity index (χ3v) is 4.19.